The van der Waals surface area contributed by atoms with E-state index in [2.05, 4.69) is 12.2 Å². The van der Waals surface area contributed by atoms with Crippen molar-refractivity contribution in [1.82, 2.24) is 5.32 Å². The molecule has 0 radical (unpaired) electrons. The molecule has 2 aliphatic rings. The second kappa shape index (κ2) is 3.58. The average Bonchev–Trinajstić information content (AvgIpc) is 2.78. The van der Waals surface area contributed by atoms with E-state index in [-0.39, 0.29) is 5.54 Å². The molecule has 76 valence electrons. The van der Waals surface area contributed by atoms with Crippen molar-refractivity contribution >= 4 is 0 Å². The summed E-state index contributed by atoms with van der Waals surface area (Å²) in [5.41, 5.74) is 6.40. The Morgan fingerprint density at radius 3 is 2.62 bits per heavy atom. The second-order valence-electron chi connectivity index (χ2n) is 4.96. The Balaban J connectivity index is 1.67. The van der Waals surface area contributed by atoms with E-state index in [9.17, 15) is 0 Å². The normalized spacial score (nSPS) is 36.5. The lowest BCUT2D eigenvalue weighted by atomic mass is 9.99. The first kappa shape index (κ1) is 9.47. The van der Waals surface area contributed by atoms with Crippen LogP contribution >= 0.6 is 0 Å². The predicted molar refractivity (Wildman–Crippen MR) is 55.6 cm³/mol. The fourth-order valence-electron chi connectivity index (χ4n) is 2.54. The minimum absolute atomic E-state index is 0.140. The highest BCUT2D eigenvalue weighted by Crippen LogP contribution is 2.34. The van der Waals surface area contributed by atoms with Gasteiger partial charge in [0.25, 0.3) is 0 Å². The molecule has 0 saturated heterocycles. The SMILES string of the molecule is CCC1CC1NCC1(N)CCCC1. The van der Waals surface area contributed by atoms with E-state index in [0.717, 1.165) is 18.5 Å². The Morgan fingerprint density at radius 1 is 1.38 bits per heavy atom. The van der Waals surface area contributed by atoms with Crippen molar-refractivity contribution in [2.75, 3.05) is 6.54 Å². The lowest BCUT2D eigenvalue weighted by Gasteiger charge is -2.24. The molecule has 2 fully saturated rings. The molecule has 2 atom stereocenters. The van der Waals surface area contributed by atoms with Crippen LogP contribution in [0.2, 0.25) is 0 Å². The number of nitrogens with one attached hydrogen (secondary N) is 1. The Morgan fingerprint density at radius 2 is 2.08 bits per heavy atom. The van der Waals surface area contributed by atoms with Gasteiger partial charge in [-0.2, -0.15) is 0 Å². The minimum Gasteiger partial charge on any atom is -0.324 e. The Labute approximate surface area is 81.3 Å². The van der Waals surface area contributed by atoms with Gasteiger partial charge in [0.15, 0.2) is 0 Å². The van der Waals surface area contributed by atoms with Crippen molar-refractivity contribution in [2.24, 2.45) is 11.7 Å². The number of hydrogen-bond acceptors (Lipinski definition) is 2. The van der Waals surface area contributed by atoms with Crippen LogP contribution in [0.15, 0.2) is 0 Å². The first-order chi connectivity index (χ1) is 6.23. The van der Waals surface area contributed by atoms with E-state index < -0.39 is 0 Å². The van der Waals surface area contributed by atoms with E-state index in [0.29, 0.717) is 0 Å². The van der Waals surface area contributed by atoms with E-state index in [1.54, 1.807) is 0 Å². The van der Waals surface area contributed by atoms with Gasteiger partial charge in [-0.15, -0.1) is 0 Å². The van der Waals surface area contributed by atoms with Gasteiger partial charge in [-0.05, 0) is 25.2 Å². The second-order valence-corrected chi connectivity index (χ2v) is 4.96. The van der Waals surface area contributed by atoms with E-state index in [4.69, 9.17) is 5.73 Å². The highest BCUT2D eigenvalue weighted by Gasteiger charge is 2.37. The number of nitrogens with two attached hydrogens (primary N) is 1. The summed E-state index contributed by atoms with van der Waals surface area (Å²) in [7, 11) is 0. The van der Waals surface area contributed by atoms with Gasteiger partial charge in [0.2, 0.25) is 0 Å². The standard InChI is InChI=1S/C11H22N2/c1-2-9-7-10(9)13-8-11(12)5-3-4-6-11/h9-10,13H,2-8,12H2,1H3. The molecule has 0 aromatic heterocycles. The van der Waals surface area contributed by atoms with Crippen LogP contribution in [0.4, 0.5) is 0 Å². The monoisotopic (exact) mass is 182 g/mol. The quantitative estimate of drug-likeness (QED) is 0.693. The van der Waals surface area contributed by atoms with Gasteiger partial charge in [-0.1, -0.05) is 26.2 Å². The Hall–Kier alpha value is -0.0800. The molecule has 0 spiro atoms. The summed E-state index contributed by atoms with van der Waals surface area (Å²) >= 11 is 0. The van der Waals surface area contributed by atoms with Crippen LogP contribution in [0.5, 0.6) is 0 Å². The van der Waals surface area contributed by atoms with E-state index in [1.165, 1.54) is 38.5 Å². The summed E-state index contributed by atoms with van der Waals surface area (Å²) in [6.07, 6.45) is 7.83. The molecule has 2 unspecified atom stereocenters. The van der Waals surface area contributed by atoms with Gasteiger partial charge in [0, 0.05) is 18.1 Å². The largest absolute Gasteiger partial charge is 0.324 e. The van der Waals surface area contributed by atoms with Gasteiger partial charge < -0.3 is 11.1 Å². The summed E-state index contributed by atoms with van der Waals surface area (Å²) in [6.45, 7) is 3.33. The molecule has 0 heterocycles. The van der Waals surface area contributed by atoms with Crippen molar-refractivity contribution in [2.45, 2.75) is 57.0 Å². The van der Waals surface area contributed by atoms with E-state index in [1.807, 2.05) is 0 Å². The van der Waals surface area contributed by atoms with Crippen LogP contribution in [0.3, 0.4) is 0 Å². The molecule has 0 aromatic rings. The molecular weight excluding hydrogens is 160 g/mol. The third-order valence-electron chi connectivity index (χ3n) is 3.76. The lowest BCUT2D eigenvalue weighted by Crippen LogP contribution is -2.47. The molecule has 0 bridgehead atoms. The molecule has 0 aliphatic heterocycles. The van der Waals surface area contributed by atoms with Crippen molar-refractivity contribution in [3.8, 4) is 0 Å². The molecule has 0 amide bonds. The fourth-order valence-corrected chi connectivity index (χ4v) is 2.54. The molecule has 0 aromatic carbocycles. The van der Waals surface area contributed by atoms with Crippen LogP contribution in [-0.2, 0) is 0 Å². The highest BCUT2D eigenvalue weighted by atomic mass is 15.0. The lowest BCUT2D eigenvalue weighted by molar-refractivity contribution is 0.398. The van der Waals surface area contributed by atoms with Crippen LogP contribution in [0, 0.1) is 5.92 Å². The van der Waals surface area contributed by atoms with Crippen molar-refractivity contribution in [3.05, 3.63) is 0 Å². The maximum atomic E-state index is 6.26. The number of rotatable bonds is 4. The topological polar surface area (TPSA) is 38.0 Å². The Bertz CT molecular complexity index is 173. The van der Waals surface area contributed by atoms with Crippen molar-refractivity contribution < 1.29 is 0 Å². The zero-order valence-corrected chi connectivity index (χ0v) is 8.68. The van der Waals surface area contributed by atoms with Gasteiger partial charge in [0.1, 0.15) is 0 Å². The summed E-state index contributed by atoms with van der Waals surface area (Å²) in [5, 5.41) is 3.62. The minimum atomic E-state index is 0.140. The van der Waals surface area contributed by atoms with Crippen LogP contribution in [0.25, 0.3) is 0 Å². The van der Waals surface area contributed by atoms with Crippen LogP contribution in [0.1, 0.15) is 45.4 Å². The molecule has 2 nitrogen and oxygen atoms in total. The average molecular weight is 182 g/mol. The fraction of sp³-hybridized carbons (Fsp3) is 1.00. The summed E-state index contributed by atoms with van der Waals surface area (Å²) in [5.74, 6) is 0.949. The molecule has 2 heteroatoms. The number of hydrogen-bond donors (Lipinski definition) is 2. The highest BCUT2D eigenvalue weighted by molar-refractivity contribution is 4.97. The molecule has 13 heavy (non-hydrogen) atoms. The van der Waals surface area contributed by atoms with Crippen molar-refractivity contribution in [3.63, 3.8) is 0 Å². The van der Waals surface area contributed by atoms with Crippen LogP contribution < -0.4 is 11.1 Å². The van der Waals surface area contributed by atoms with Crippen molar-refractivity contribution in [1.29, 1.82) is 0 Å². The van der Waals surface area contributed by atoms with Crippen LogP contribution in [-0.4, -0.2) is 18.1 Å². The van der Waals surface area contributed by atoms with Gasteiger partial charge in [-0.25, -0.2) is 0 Å². The molecule has 3 N–H and O–H groups in total. The summed E-state index contributed by atoms with van der Waals surface area (Å²) < 4.78 is 0. The first-order valence-corrected chi connectivity index (χ1v) is 5.76. The van der Waals surface area contributed by atoms with Gasteiger partial charge in [-0.3, -0.25) is 0 Å². The molecule has 2 rings (SSSR count). The summed E-state index contributed by atoms with van der Waals surface area (Å²) in [6, 6.07) is 0.797. The summed E-state index contributed by atoms with van der Waals surface area (Å²) in [4.78, 5) is 0. The molecule has 2 aliphatic carbocycles. The Kier molecular flexibility index (Phi) is 2.61. The smallest absolute Gasteiger partial charge is 0.0280 e. The third-order valence-corrected chi connectivity index (χ3v) is 3.76. The maximum Gasteiger partial charge on any atom is 0.0280 e. The zero-order valence-electron chi connectivity index (χ0n) is 8.68. The van der Waals surface area contributed by atoms with E-state index >= 15 is 0 Å². The van der Waals surface area contributed by atoms with Gasteiger partial charge in [0.05, 0.1) is 0 Å². The van der Waals surface area contributed by atoms with Gasteiger partial charge >= 0.3 is 0 Å². The first-order valence-electron chi connectivity index (χ1n) is 5.76. The zero-order chi connectivity index (χ0) is 9.31. The molecule has 2 saturated carbocycles. The maximum absolute atomic E-state index is 6.26. The predicted octanol–water partition coefficient (Wildman–Crippen LogP) is 1.65. The third kappa shape index (κ3) is 2.23. The molecular formula is C11H22N2.